The van der Waals surface area contributed by atoms with Gasteiger partial charge >= 0.3 is 13.6 Å². The number of rotatable bonds is 12. The van der Waals surface area contributed by atoms with Crippen LogP contribution < -0.4 is 10.5 Å². The predicted molar refractivity (Wildman–Crippen MR) is 118 cm³/mol. The summed E-state index contributed by atoms with van der Waals surface area (Å²) < 4.78 is 42.6. The lowest BCUT2D eigenvalue weighted by molar-refractivity contribution is 0.0449. The van der Waals surface area contributed by atoms with Gasteiger partial charge in [0.25, 0.3) is 0 Å². The van der Waals surface area contributed by atoms with Crippen LogP contribution in [0, 0.1) is 0 Å². The summed E-state index contributed by atoms with van der Waals surface area (Å²) >= 11 is 3.52. The summed E-state index contributed by atoms with van der Waals surface area (Å²) in [6.45, 7) is 4.83. The Labute approximate surface area is 189 Å². The van der Waals surface area contributed by atoms with Gasteiger partial charge in [0.1, 0.15) is 13.0 Å². The van der Waals surface area contributed by atoms with Crippen LogP contribution in [-0.4, -0.2) is 65.5 Å². The zero-order valence-corrected chi connectivity index (χ0v) is 20.4. The lowest BCUT2D eigenvalue weighted by Crippen LogP contribution is -2.23. The first-order valence-corrected chi connectivity index (χ1v) is 12.8. The minimum Gasteiger partial charge on any atom is -0.461 e. The van der Waals surface area contributed by atoms with Crippen LogP contribution in [0.1, 0.15) is 39.2 Å². The number of ether oxygens (including phenoxy) is 3. The molecule has 2 heterocycles. The number of hydrogen-bond acceptors (Lipinski definition) is 10. The van der Waals surface area contributed by atoms with Gasteiger partial charge < -0.3 is 29.0 Å². The summed E-state index contributed by atoms with van der Waals surface area (Å²) in [6, 6.07) is 0.0700. The monoisotopic (exact) mass is 521 g/mol. The highest BCUT2D eigenvalue weighted by Crippen LogP contribution is 2.49. The number of methoxy groups -OCH3 is 1. The Balaban J connectivity index is 1.85. The first kappa shape index (κ1) is 24.3. The largest absolute Gasteiger partial charge is 0.461 e. The summed E-state index contributed by atoms with van der Waals surface area (Å²) in [5.41, 5.74) is 7.12. The third-order valence-electron chi connectivity index (χ3n) is 4.87. The van der Waals surface area contributed by atoms with Gasteiger partial charge in [0.2, 0.25) is 0 Å². The molecule has 3 rings (SSSR count). The van der Waals surface area contributed by atoms with E-state index < -0.39 is 7.60 Å². The fraction of sp³-hybridized carbons (Fsp3) is 0.722. The maximum absolute atomic E-state index is 12.8. The standard InChI is InChI=1S/C18H29BrN5O6P/c1-4-29-31(25,30-5-2)11-28-13-8-6-7-12(13)24-16-14(21-17(24)19)15(20)22-18(23-16)27-10-9-26-3/h12-13H,4-11H2,1-3H3,(H2,20,22,23)/t12-,13-/m1/s1. The zero-order valence-electron chi connectivity index (χ0n) is 18.0. The fourth-order valence-corrected chi connectivity index (χ4v) is 5.60. The molecule has 2 atom stereocenters. The van der Waals surface area contributed by atoms with E-state index in [-0.39, 0.29) is 43.5 Å². The highest BCUT2D eigenvalue weighted by molar-refractivity contribution is 9.10. The predicted octanol–water partition coefficient (Wildman–Crippen LogP) is 3.53. The van der Waals surface area contributed by atoms with Gasteiger partial charge in [0.15, 0.2) is 21.7 Å². The van der Waals surface area contributed by atoms with Crippen molar-refractivity contribution in [3.05, 3.63) is 4.73 Å². The Morgan fingerprint density at radius 2 is 1.90 bits per heavy atom. The Bertz CT molecular complexity index is 918. The van der Waals surface area contributed by atoms with E-state index in [1.165, 1.54) is 0 Å². The van der Waals surface area contributed by atoms with Crippen LogP contribution in [0.4, 0.5) is 5.82 Å². The SMILES string of the molecule is CCOP(=O)(CO[C@@H]1CCC[C@H]1n1c(Br)nc2c(N)nc(OCCOC)nc21)OCC. The minimum atomic E-state index is -3.30. The molecule has 1 saturated carbocycles. The number of aromatic nitrogens is 4. The molecule has 0 unspecified atom stereocenters. The third-order valence-corrected chi connectivity index (χ3v) is 7.20. The second-order valence-electron chi connectivity index (χ2n) is 6.93. The van der Waals surface area contributed by atoms with Crippen molar-refractivity contribution in [1.29, 1.82) is 0 Å². The van der Waals surface area contributed by atoms with Gasteiger partial charge in [-0.05, 0) is 49.0 Å². The van der Waals surface area contributed by atoms with E-state index in [4.69, 9.17) is 29.0 Å². The van der Waals surface area contributed by atoms with Crippen molar-refractivity contribution in [3.8, 4) is 6.01 Å². The Morgan fingerprint density at radius 1 is 1.16 bits per heavy atom. The molecule has 0 bridgehead atoms. The van der Waals surface area contributed by atoms with Crippen molar-refractivity contribution in [3.63, 3.8) is 0 Å². The van der Waals surface area contributed by atoms with E-state index in [9.17, 15) is 4.57 Å². The van der Waals surface area contributed by atoms with Gasteiger partial charge in [0.05, 0.1) is 32.0 Å². The highest BCUT2D eigenvalue weighted by Gasteiger charge is 2.35. The molecule has 31 heavy (non-hydrogen) atoms. The number of nitrogen functional groups attached to an aromatic ring is 1. The summed E-state index contributed by atoms with van der Waals surface area (Å²) in [7, 11) is -1.72. The van der Waals surface area contributed by atoms with E-state index in [2.05, 4.69) is 30.9 Å². The Morgan fingerprint density at radius 3 is 2.58 bits per heavy atom. The molecule has 2 aromatic heterocycles. The van der Waals surface area contributed by atoms with Crippen LogP contribution in [0.15, 0.2) is 4.73 Å². The van der Waals surface area contributed by atoms with Gasteiger partial charge in [0, 0.05) is 7.11 Å². The molecule has 1 aliphatic carbocycles. The van der Waals surface area contributed by atoms with E-state index in [0.717, 1.165) is 19.3 Å². The van der Waals surface area contributed by atoms with Crippen LogP contribution in [0.25, 0.3) is 11.2 Å². The number of anilines is 1. The van der Waals surface area contributed by atoms with Crippen LogP contribution in [-0.2, 0) is 23.1 Å². The summed E-state index contributed by atoms with van der Waals surface area (Å²) in [6.07, 6.45) is 2.26. The van der Waals surface area contributed by atoms with Gasteiger partial charge in [-0.3, -0.25) is 9.13 Å². The molecule has 174 valence electrons. The minimum absolute atomic E-state index is 0.0859. The number of nitrogens with two attached hydrogens (primary N) is 1. The van der Waals surface area contributed by atoms with Crippen molar-refractivity contribution in [2.24, 2.45) is 0 Å². The molecule has 11 nitrogen and oxygen atoms in total. The summed E-state index contributed by atoms with van der Waals surface area (Å²) in [5.74, 6) is 0.226. The van der Waals surface area contributed by atoms with Crippen molar-refractivity contribution < 1.29 is 27.8 Å². The lowest BCUT2D eigenvalue weighted by atomic mass is 10.2. The quantitative estimate of drug-likeness (QED) is 0.251. The molecular formula is C18H29BrN5O6P. The normalized spacial score (nSPS) is 19.4. The van der Waals surface area contributed by atoms with Gasteiger partial charge in [-0.15, -0.1) is 0 Å². The molecule has 0 amide bonds. The molecule has 0 aromatic carbocycles. The number of fused-ring (bicyclic) bond motifs is 1. The topological polar surface area (TPSA) is 133 Å². The summed E-state index contributed by atoms with van der Waals surface area (Å²) in [4.78, 5) is 13.2. The van der Waals surface area contributed by atoms with Gasteiger partial charge in [-0.25, -0.2) is 4.98 Å². The molecule has 2 N–H and O–H groups in total. The fourth-order valence-electron chi connectivity index (χ4n) is 3.61. The average molecular weight is 522 g/mol. The number of imidazole rings is 1. The molecule has 13 heteroatoms. The lowest BCUT2D eigenvalue weighted by Gasteiger charge is -2.25. The van der Waals surface area contributed by atoms with Crippen molar-refractivity contribution in [2.75, 3.05) is 45.6 Å². The third kappa shape index (κ3) is 5.74. The van der Waals surface area contributed by atoms with E-state index in [1.807, 2.05) is 4.57 Å². The maximum Gasteiger partial charge on any atom is 0.356 e. The van der Waals surface area contributed by atoms with Crippen LogP contribution in [0.3, 0.4) is 0 Å². The smallest absolute Gasteiger partial charge is 0.356 e. The molecule has 1 aliphatic rings. The van der Waals surface area contributed by atoms with Crippen LogP contribution in [0.5, 0.6) is 6.01 Å². The molecule has 2 aromatic rings. The van der Waals surface area contributed by atoms with Crippen molar-refractivity contribution in [2.45, 2.75) is 45.3 Å². The van der Waals surface area contributed by atoms with Gasteiger partial charge in [-0.2, -0.15) is 9.97 Å². The molecule has 1 fully saturated rings. The first-order valence-electron chi connectivity index (χ1n) is 10.2. The second kappa shape index (κ2) is 11.0. The maximum atomic E-state index is 12.8. The highest BCUT2D eigenvalue weighted by atomic mass is 79.9. The summed E-state index contributed by atoms with van der Waals surface area (Å²) in [5, 5.41) is 0. The van der Waals surface area contributed by atoms with Crippen LogP contribution in [0.2, 0.25) is 0 Å². The van der Waals surface area contributed by atoms with Crippen LogP contribution >= 0.6 is 23.5 Å². The van der Waals surface area contributed by atoms with E-state index in [1.54, 1.807) is 21.0 Å². The zero-order chi connectivity index (χ0) is 22.4. The second-order valence-corrected chi connectivity index (χ2v) is 9.64. The van der Waals surface area contributed by atoms with Crippen molar-refractivity contribution in [1.82, 2.24) is 19.5 Å². The molecule has 0 saturated heterocycles. The average Bonchev–Trinajstić information content (AvgIpc) is 3.30. The van der Waals surface area contributed by atoms with Crippen molar-refractivity contribution >= 4 is 40.5 Å². The van der Waals surface area contributed by atoms with E-state index >= 15 is 0 Å². The number of nitrogens with zero attached hydrogens (tertiary/aromatic N) is 4. The molecule has 0 radical (unpaired) electrons. The Kier molecular flexibility index (Phi) is 8.65. The molecule has 0 spiro atoms. The molecule has 0 aliphatic heterocycles. The molecular weight excluding hydrogens is 493 g/mol. The van der Waals surface area contributed by atoms with E-state index in [0.29, 0.717) is 29.1 Å². The first-order chi connectivity index (χ1) is 14.9. The Hall–Kier alpha value is -1.30. The number of halogens is 1. The van der Waals surface area contributed by atoms with Gasteiger partial charge in [-0.1, -0.05) is 0 Å². The number of hydrogen-bond donors (Lipinski definition) is 1.